The predicted molar refractivity (Wildman–Crippen MR) is 83.3 cm³/mol. The van der Waals surface area contributed by atoms with Gasteiger partial charge in [0.05, 0.1) is 6.61 Å². The van der Waals surface area contributed by atoms with Crippen molar-refractivity contribution in [1.82, 2.24) is 0 Å². The molecular formula is C15H24BNO4. The van der Waals surface area contributed by atoms with Crippen molar-refractivity contribution in [2.24, 2.45) is 5.73 Å². The molecular weight excluding hydrogens is 269 g/mol. The zero-order valence-corrected chi connectivity index (χ0v) is 12.3. The van der Waals surface area contributed by atoms with Crippen LogP contribution in [0.1, 0.15) is 31.2 Å². The molecule has 0 spiro atoms. The maximum Gasteiger partial charge on any atom is 0.323 e. The van der Waals surface area contributed by atoms with E-state index < -0.39 is 11.5 Å². The van der Waals surface area contributed by atoms with Gasteiger partial charge in [0.15, 0.2) is 0 Å². The van der Waals surface area contributed by atoms with Gasteiger partial charge in [-0.3, -0.25) is 4.79 Å². The van der Waals surface area contributed by atoms with E-state index in [4.69, 9.17) is 15.5 Å². The molecule has 21 heavy (non-hydrogen) atoms. The SMILES string of the molecule is NC(CCCCBO)(CCOCc1ccccc1)C(=O)O. The molecule has 1 aromatic rings. The molecule has 116 valence electrons. The molecule has 0 aliphatic heterocycles. The Morgan fingerprint density at radius 1 is 1.24 bits per heavy atom. The Kier molecular flexibility index (Phi) is 8.04. The fraction of sp³-hybridized carbons (Fsp3) is 0.533. The van der Waals surface area contributed by atoms with Gasteiger partial charge in [-0.15, -0.1) is 0 Å². The van der Waals surface area contributed by atoms with Gasteiger partial charge in [-0.05, 0) is 18.4 Å². The van der Waals surface area contributed by atoms with Crippen LogP contribution in [0.25, 0.3) is 0 Å². The normalized spacial score (nSPS) is 13.6. The number of carboxylic acids is 1. The van der Waals surface area contributed by atoms with E-state index in [2.05, 4.69) is 0 Å². The van der Waals surface area contributed by atoms with Crippen molar-refractivity contribution in [2.45, 2.75) is 44.1 Å². The monoisotopic (exact) mass is 293 g/mol. The van der Waals surface area contributed by atoms with Crippen molar-refractivity contribution in [3.63, 3.8) is 0 Å². The number of carbonyl (C=O) groups is 1. The molecule has 4 N–H and O–H groups in total. The third-order valence-corrected chi connectivity index (χ3v) is 3.51. The van der Waals surface area contributed by atoms with Crippen LogP contribution in [0, 0.1) is 0 Å². The third-order valence-electron chi connectivity index (χ3n) is 3.51. The Morgan fingerprint density at radius 3 is 2.57 bits per heavy atom. The molecule has 0 bridgehead atoms. The summed E-state index contributed by atoms with van der Waals surface area (Å²) in [5.41, 5.74) is 5.77. The highest BCUT2D eigenvalue weighted by Gasteiger charge is 2.32. The van der Waals surface area contributed by atoms with Crippen molar-refractivity contribution in [1.29, 1.82) is 0 Å². The van der Waals surface area contributed by atoms with E-state index in [0.717, 1.165) is 12.0 Å². The highest BCUT2D eigenvalue weighted by Crippen LogP contribution is 2.17. The van der Waals surface area contributed by atoms with Crippen LogP contribution in [0.5, 0.6) is 0 Å². The molecule has 0 aromatic heterocycles. The molecule has 1 aromatic carbocycles. The molecule has 1 rings (SSSR count). The number of ether oxygens (including phenoxy) is 1. The van der Waals surface area contributed by atoms with Gasteiger partial charge >= 0.3 is 5.97 Å². The van der Waals surface area contributed by atoms with Crippen LogP contribution in [0.4, 0.5) is 0 Å². The fourth-order valence-electron chi connectivity index (χ4n) is 2.09. The van der Waals surface area contributed by atoms with Gasteiger partial charge in [0.1, 0.15) is 5.54 Å². The van der Waals surface area contributed by atoms with Crippen molar-refractivity contribution >= 4 is 13.5 Å². The van der Waals surface area contributed by atoms with Crippen LogP contribution >= 0.6 is 0 Å². The summed E-state index contributed by atoms with van der Waals surface area (Å²) in [7, 11) is 0.130. The van der Waals surface area contributed by atoms with E-state index in [9.17, 15) is 9.90 Å². The minimum atomic E-state index is -1.24. The molecule has 6 heteroatoms. The lowest BCUT2D eigenvalue weighted by molar-refractivity contribution is -0.144. The number of nitrogens with two attached hydrogens (primary N) is 1. The largest absolute Gasteiger partial charge is 0.480 e. The van der Waals surface area contributed by atoms with Gasteiger partial charge < -0.3 is 20.6 Å². The van der Waals surface area contributed by atoms with E-state index in [-0.39, 0.29) is 13.9 Å². The molecule has 0 heterocycles. The lowest BCUT2D eigenvalue weighted by Gasteiger charge is -2.24. The lowest BCUT2D eigenvalue weighted by Crippen LogP contribution is -2.48. The Bertz CT molecular complexity index is 415. The van der Waals surface area contributed by atoms with Crippen molar-refractivity contribution in [2.75, 3.05) is 6.61 Å². The number of hydrogen-bond acceptors (Lipinski definition) is 4. The lowest BCUT2D eigenvalue weighted by atomic mass is 9.86. The second-order valence-corrected chi connectivity index (χ2v) is 5.28. The molecule has 0 radical (unpaired) electrons. The molecule has 1 unspecified atom stereocenters. The van der Waals surface area contributed by atoms with Gasteiger partial charge in [0.25, 0.3) is 7.48 Å². The number of aliphatic carboxylic acids is 1. The van der Waals surface area contributed by atoms with Crippen LogP contribution < -0.4 is 5.73 Å². The van der Waals surface area contributed by atoms with Crippen LogP contribution in [0.3, 0.4) is 0 Å². The topological polar surface area (TPSA) is 92.8 Å². The van der Waals surface area contributed by atoms with E-state index in [1.54, 1.807) is 0 Å². The second kappa shape index (κ2) is 9.55. The van der Waals surface area contributed by atoms with Gasteiger partial charge in [-0.1, -0.05) is 49.5 Å². The minimum absolute atomic E-state index is 0.130. The average molecular weight is 293 g/mol. The Morgan fingerprint density at radius 2 is 1.95 bits per heavy atom. The summed E-state index contributed by atoms with van der Waals surface area (Å²) < 4.78 is 5.51. The van der Waals surface area contributed by atoms with Crippen LogP contribution in [-0.4, -0.2) is 35.7 Å². The number of carboxylic acid groups (broad SMARTS) is 1. The zero-order chi connectivity index (χ0) is 15.6. The Hall–Kier alpha value is -1.37. The summed E-state index contributed by atoms with van der Waals surface area (Å²) in [5.74, 6) is -0.991. The molecule has 0 saturated carbocycles. The molecule has 0 amide bonds. The maximum absolute atomic E-state index is 11.3. The second-order valence-electron chi connectivity index (χ2n) is 5.28. The van der Waals surface area contributed by atoms with E-state index in [1.165, 1.54) is 0 Å². The standard InChI is InChI=1S/C15H24BNO4/c17-15(14(18)19,8-4-5-10-16-20)9-11-21-12-13-6-2-1-3-7-13/h1-3,6-7,16,20H,4-5,8-12,17H2,(H,18,19). The van der Waals surface area contributed by atoms with Crippen molar-refractivity contribution in [3.05, 3.63) is 35.9 Å². The van der Waals surface area contributed by atoms with Crippen molar-refractivity contribution in [3.8, 4) is 0 Å². The zero-order valence-electron chi connectivity index (χ0n) is 12.3. The summed E-state index contributed by atoms with van der Waals surface area (Å²) >= 11 is 0. The highest BCUT2D eigenvalue weighted by molar-refractivity contribution is 6.25. The quantitative estimate of drug-likeness (QED) is 0.422. The highest BCUT2D eigenvalue weighted by atomic mass is 16.5. The van der Waals surface area contributed by atoms with Gasteiger partial charge in [-0.2, -0.15) is 0 Å². The molecule has 0 saturated heterocycles. The number of unbranched alkanes of at least 4 members (excludes halogenated alkanes) is 1. The first kappa shape index (κ1) is 17.7. The van der Waals surface area contributed by atoms with Crippen LogP contribution in [-0.2, 0) is 16.1 Å². The first-order chi connectivity index (χ1) is 10.1. The van der Waals surface area contributed by atoms with Crippen molar-refractivity contribution < 1.29 is 19.7 Å². The number of rotatable bonds is 11. The summed E-state index contributed by atoms with van der Waals surface area (Å²) in [6.07, 6.45) is 2.85. The summed E-state index contributed by atoms with van der Waals surface area (Å²) in [4.78, 5) is 11.3. The number of hydrogen-bond donors (Lipinski definition) is 3. The van der Waals surface area contributed by atoms with Crippen LogP contribution in [0.15, 0.2) is 30.3 Å². The molecule has 0 fully saturated rings. The first-order valence-electron chi connectivity index (χ1n) is 7.33. The molecule has 0 aliphatic carbocycles. The smallest absolute Gasteiger partial charge is 0.323 e. The minimum Gasteiger partial charge on any atom is -0.480 e. The summed E-state index contributed by atoms with van der Waals surface area (Å²) in [5, 5.41) is 18.0. The summed E-state index contributed by atoms with van der Waals surface area (Å²) in [6, 6.07) is 9.73. The maximum atomic E-state index is 11.3. The van der Waals surface area contributed by atoms with Gasteiger partial charge in [0, 0.05) is 6.61 Å². The molecule has 0 aliphatic rings. The predicted octanol–water partition coefficient (Wildman–Crippen LogP) is 1.31. The third kappa shape index (κ3) is 6.75. The average Bonchev–Trinajstić information content (AvgIpc) is 2.49. The fourth-order valence-corrected chi connectivity index (χ4v) is 2.09. The van der Waals surface area contributed by atoms with E-state index in [1.807, 2.05) is 30.3 Å². The van der Waals surface area contributed by atoms with E-state index in [0.29, 0.717) is 32.4 Å². The van der Waals surface area contributed by atoms with Gasteiger partial charge in [-0.25, -0.2) is 0 Å². The molecule has 5 nitrogen and oxygen atoms in total. The van der Waals surface area contributed by atoms with Gasteiger partial charge in [0.2, 0.25) is 0 Å². The Labute approximate surface area is 126 Å². The Balaban J connectivity index is 2.31. The summed E-state index contributed by atoms with van der Waals surface area (Å²) in [6.45, 7) is 0.777. The first-order valence-corrected chi connectivity index (χ1v) is 7.33. The van der Waals surface area contributed by atoms with Crippen LogP contribution in [0.2, 0.25) is 6.32 Å². The van der Waals surface area contributed by atoms with E-state index >= 15 is 0 Å². The number of benzene rings is 1. The molecule has 1 atom stereocenters.